The Hall–Kier alpha value is -3.88. The minimum absolute atomic E-state index is 0.247. The highest BCUT2D eigenvalue weighted by atomic mass is 32.1. The predicted octanol–water partition coefficient (Wildman–Crippen LogP) is 4.76. The van der Waals surface area contributed by atoms with Gasteiger partial charge in [-0.15, -0.1) is 11.3 Å². The summed E-state index contributed by atoms with van der Waals surface area (Å²) in [7, 11) is 2.97. The summed E-state index contributed by atoms with van der Waals surface area (Å²) in [6.45, 7) is 4.54. The van der Waals surface area contributed by atoms with Gasteiger partial charge in [0.2, 0.25) is 5.95 Å². The first-order chi connectivity index (χ1) is 18.6. The number of aromatic nitrogens is 2. The van der Waals surface area contributed by atoms with Gasteiger partial charge in [-0.3, -0.25) is 0 Å². The lowest BCUT2D eigenvalue weighted by Crippen LogP contribution is -2.43. The Morgan fingerprint density at radius 2 is 1.89 bits per heavy atom. The molecule has 11 heteroatoms. The average molecular weight is 534 g/mol. The number of nitriles is 1. The zero-order chi connectivity index (χ0) is 26.5. The number of piperidine rings is 1. The molecule has 2 aromatic heterocycles. The number of thiophene rings is 1. The van der Waals surface area contributed by atoms with Crippen LogP contribution in [0.3, 0.4) is 0 Å². The van der Waals surface area contributed by atoms with Crippen molar-refractivity contribution in [1.82, 2.24) is 14.9 Å². The van der Waals surface area contributed by atoms with Gasteiger partial charge in [0.05, 0.1) is 31.8 Å². The van der Waals surface area contributed by atoms with Crippen LogP contribution in [0, 0.1) is 11.3 Å². The summed E-state index contributed by atoms with van der Waals surface area (Å²) in [4.78, 5) is 26.3. The molecule has 0 aliphatic carbocycles. The monoisotopic (exact) mass is 533 g/mol. The normalized spacial score (nSPS) is 16.2. The van der Waals surface area contributed by atoms with Crippen LogP contribution in [0.4, 0.5) is 28.8 Å². The first-order valence-corrected chi connectivity index (χ1v) is 13.6. The van der Waals surface area contributed by atoms with Crippen LogP contribution < -0.4 is 20.3 Å². The molecule has 0 bridgehead atoms. The van der Waals surface area contributed by atoms with E-state index >= 15 is 0 Å². The Bertz CT molecular complexity index is 1320. The first kappa shape index (κ1) is 25.8. The molecule has 2 aliphatic heterocycles. The van der Waals surface area contributed by atoms with Crippen molar-refractivity contribution < 1.29 is 14.3 Å². The summed E-state index contributed by atoms with van der Waals surface area (Å²) in [5, 5.41) is 17.6. The summed E-state index contributed by atoms with van der Waals surface area (Å²) in [6, 6.07) is 10.6. The Kier molecular flexibility index (Phi) is 7.91. The Morgan fingerprint density at radius 1 is 1.11 bits per heavy atom. The maximum Gasteiger partial charge on any atom is 0.350 e. The zero-order valence-electron chi connectivity index (χ0n) is 21.6. The molecule has 5 rings (SSSR count). The lowest BCUT2D eigenvalue weighted by Gasteiger charge is -2.38. The number of anilines is 5. The number of benzene rings is 1. The number of nitrogens with one attached hydrogen (secondary N) is 2. The van der Waals surface area contributed by atoms with Gasteiger partial charge in [-0.1, -0.05) is 0 Å². The third kappa shape index (κ3) is 5.51. The van der Waals surface area contributed by atoms with Crippen molar-refractivity contribution in [2.75, 3.05) is 55.9 Å². The summed E-state index contributed by atoms with van der Waals surface area (Å²) in [6.07, 6.45) is 6.45. The molecule has 4 heterocycles. The Balaban J connectivity index is 1.30. The highest BCUT2D eigenvalue weighted by Gasteiger charge is 2.27. The maximum absolute atomic E-state index is 12.1. The van der Waals surface area contributed by atoms with Crippen LogP contribution in [0.5, 0.6) is 5.75 Å². The van der Waals surface area contributed by atoms with Crippen molar-refractivity contribution in [3.05, 3.63) is 46.3 Å². The van der Waals surface area contributed by atoms with Crippen LogP contribution in [0.1, 0.15) is 40.9 Å². The van der Waals surface area contributed by atoms with E-state index in [9.17, 15) is 10.1 Å². The molecule has 0 amide bonds. The molecular formula is C27H31N7O3S. The van der Waals surface area contributed by atoms with Crippen LogP contribution in [0.25, 0.3) is 0 Å². The van der Waals surface area contributed by atoms with E-state index in [0.717, 1.165) is 18.8 Å². The van der Waals surface area contributed by atoms with Gasteiger partial charge in [-0.2, -0.15) is 10.2 Å². The van der Waals surface area contributed by atoms with Gasteiger partial charge in [-0.25, -0.2) is 9.78 Å². The summed E-state index contributed by atoms with van der Waals surface area (Å²) in [5.74, 6) is 0.791. The number of carbonyl (C=O) groups excluding carboxylic acids is 1. The molecule has 0 spiro atoms. The van der Waals surface area contributed by atoms with Crippen LogP contribution in [0.15, 0.2) is 35.8 Å². The van der Waals surface area contributed by atoms with Crippen molar-refractivity contribution in [1.29, 1.82) is 5.26 Å². The molecule has 2 saturated heterocycles. The standard InChI is InChI=1S/C27H31N7O3S/c1-36-23-15-20(34-12-7-19(8-13-34)33-10-3-4-11-33)5-6-21(23)31-27-29-17-18(16-28)25(32-27)30-22-9-14-38-24(22)26(35)37-2/h5-6,9,14-15,17,19H,3-4,7-8,10-13H2,1-2H3,(H2,29,30,31,32). The van der Waals surface area contributed by atoms with Gasteiger partial charge >= 0.3 is 5.97 Å². The van der Waals surface area contributed by atoms with Gasteiger partial charge in [0.1, 0.15) is 22.3 Å². The minimum Gasteiger partial charge on any atom is -0.494 e. The zero-order valence-corrected chi connectivity index (χ0v) is 22.4. The van der Waals surface area contributed by atoms with Crippen LogP contribution in [0.2, 0.25) is 0 Å². The van der Waals surface area contributed by atoms with Crippen molar-refractivity contribution in [3.8, 4) is 11.8 Å². The van der Waals surface area contributed by atoms with E-state index < -0.39 is 5.97 Å². The Labute approximate surface area is 226 Å². The third-order valence-corrected chi connectivity index (χ3v) is 8.01. The van der Waals surface area contributed by atoms with Gasteiger partial charge in [0.25, 0.3) is 0 Å². The fraction of sp³-hybridized carbons (Fsp3) is 0.407. The van der Waals surface area contributed by atoms with E-state index in [-0.39, 0.29) is 11.4 Å². The number of nitrogens with zero attached hydrogens (tertiary/aromatic N) is 5. The topological polar surface area (TPSA) is 116 Å². The first-order valence-electron chi connectivity index (χ1n) is 12.7. The van der Waals surface area contributed by atoms with E-state index in [0.29, 0.717) is 34.0 Å². The van der Waals surface area contributed by atoms with E-state index in [1.54, 1.807) is 18.6 Å². The number of hydrogen-bond acceptors (Lipinski definition) is 11. The summed E-state index contributed by atoms with van der Waals surface area (Å²) in [5.41, 5.74) is 2.60. The van der Waals surface area contributed by atoms with E-state index in [4.69, 9.17) is 9.47 Å². The van der Waals surface area contributed by atoms with Gasteiger partial charge in [0.15, 0.2) is 5.82 Å². The molecule has 3 aromatic rings. The second kappa shape index (κ2) is 11.7. The van der Waals surface area contributed by atoms with E-state index in [1.165, 1.54) is 63.4 Å². The highest BCUT2D eigenvalue weighted by molar-refractivity contribution is 7.12. The number of esters is 1. The van der Waals surface area contributed by atoms with E-state index in [1.807, 2.05) is 12.1 Å². The molecule has 0 atom stereocenters. The van der Waals surface area contributed by atoms with Crippen LogP contribution in [-0.4, -0.2) is 67.3 Å². The molecule has 2 fully saturated rings. The molecule has 0 unspecified atom stereocenters. The largest absolute Gasteiger partial charge is 0.494 e. The second-order valence-electron chi connectivity index (χ2n) is 9.32. The molecular weight excluding hydrogens is 502 g/mol. The molecule has 1 aromatic carbocycles. The molecule has 2 aliphatic rings. The molecule has 0 radical (unpaired) electrons. The minimum atomic E-state index is -0.460. The molecule has 2 N–H and O–H groups in total. The third-order valence-electron chi connectivity index (χ3n) is 7.12. The smallest absolute Gasteiger partial charge is 0.350 e. The van der Waals surface area contributed by atoms with Crippen molar-refractivity contribution in [2.45, 2.75) is 31.7 Å². The average Bonchev–Trinajstić information content (AvgIpc) is 3.66. The van der Waals surface area contributed by atoms with Gasteiger partial charge in [-0.05, 0) is 62.4 Å². The molecule has 10 nitrogen and oxygen atoms in total. The molecule has 198 valence electrons. The SMILES string of the molecule is COC(=O)c1sccc1Nc1nc(Nc2ccc(N3CCC(N4CCCC4)CC3)cc2OC)ncc1C#N. The van der Waals surface area contributed by atoms with Crippen LogP contribution in [-0.2, 0) is 4.74 Å². The van der Waals surface area contributed by atoms with Crippen molar-refractivity contribution in [3.63, 3.8) is 0 Å². The quantitative estimate of drug-likeness (QED) is 0.393. The van der Waals surface area contributed by atoms with Crippen LogP contribution >= 0.6 is 11.3 Å². The number of likely N-dealkylation sites (tertiary alicyclic amines) is 1. The number of carbonyl (C=O) groups is 1. The van der Waals surface area contributed by atoms with Gasteiger partial charge < -0.3 is 29.9 Å². The summed E-state index contributed by atoms with van der Waals surface area (Å²) >= 11 is 1.24. The number of hydrogen-bond donors (Lipinski definition) is 2. The lowest BCUT2D eigenvalue weighted by atomic mass is 10.0. The van der Waals surface area contributed by atoms with E-state index in [2.05, 4.69) is 42.5 Å². The second-order valence-corrected chi connectivity index (χ2v) is 10.2. The number of rotatable bonds is 8. The molecule has 0 saturated carbocycles. The van der Waals surface area contributed by atoms with Crippen molar-refractivity contribution >= 4 is 46.1 Å². The molecule has 38 heavy (non-hydrogen) atoms. The lowest BCUT2D eigenvalue weighted by molar-refractivity contribution is 0.0607. The number of methoxy groups -OCH3 is 2. The van der Waals surface area contributed by atoms with Crippen molar-refractivity contribution in [2.24, 2.45) is 0 Å². The predicted molar refractivity (Wildman–Crippen MR) is 148 cm³/mol. The maximum atomic E-state index is 12.1. The van der Waals surface area contributed by atoms with Gasteiger partial charge in [0, 0.05) is 30.9 Å². The highest BCUT2D eigenvalue weighted by Crippen LogP contribution is 2.34. The summed E-state index contributed by atoms with van der Waals surface area (Å²) < 4.78 is 10.5. The fourth-order valence-corrected chi connectivity index (χ4v) is 5.87. The fourth-order valence-electron chi connectivity index (χ4n) is 5.10. The number of ether oxygens (including phenoxy) is 2. The Morgan fingerprint density at radius 3 is 2.61 bits per heavy atom.